The number of carbonyl (C=O) groups excluding carboxylic acids is 1. The van der Waals surface area contributed by atoms with E-state index in [4.69, 9.17) is 21.1 Å². The summed E-state index contributed by atoms with van der Waals surface area (Å²) in [4.78, 5) is 16.8. The van der Waals surface area contributed by atoms with Crippen LogP contribution in [0.4, 0.5) is 5.69 Å². The van der Waals surface area contributed by atoms with Crippen LogP contribution >= 0.6 is 22.9 Å². The molecule has 0 bridgehead atoms. The average molecular weight is 375 g/mol. The lowest BCUT2D eigenvalue weighted by Gasteiger charge is -2.08. The number of methoxy groups -OCH3 is 2. The van der Waals surface area contributed by atoms with Gasteiger partial charge < -0.3 is 14.8 Å². The molecule has 2 aromatic carbocycles. The Morgan fingerprint density at radius 3 is 2.60 bits per heavy atom. The molecule has 0 radical (unpaired) electrons. The quantitative estimate of drug-likeness (QED) is 0.701. The Kier molecular flexibility index (Phi) is 5.21. The fourth-order valence-electron chi connectivity index (χ4n) is 2.23. The first-order valence-corrected chi connectivity index (χ1v) is 8.62. The molecule has 5 nitrogen and oxygen atoms in total. The Balaban J connectivity index is 1.83. The van der Waals surface area contributed by atoms with Crippen molar-refractivity contribution >= 4 is 34.5 Å². The van der Waals surface area contributed by atoms with E-state index in [1.165, 1.54) is 11.3 Å². The molecule has 128 valence electrons. The van der Waals surface area contributed by atoms with Gasteiger partial charge in [0.25, 0.3) is 5.91 Å². The summed E-state index contributed by atoms with van der Waals surface area (Å²) in [6, 6.07) is 12.6. The Morgan fingerprint density at radius 2 is 1.88 bits per heavy atom. The van der Waals surface area contributed by atoms with Crippen molar-refractivity contribution in [3.05, 3.63) is 58.6 Å². The number of ether oxygens (including phenoxy) is 2. The van der Waals surface area contributed by atoms with E-state index in [9.17, 15) is 4.79 Å². The zero-order valence-corrected chi connectivity index (χ0v) is 15.1. The van der Waals surface area contributed by atoms with E-state index in [1.54, 1.807) is 49.9 Å². The van der Waals surface area contributed by atoms with Gasteiger partial charge in [0.05, 0.1) is 24.9 Å². The van der Waals surface area contributed by atoms with Crippen LogP contribution in [-0.2, 0) is 0 Å². The minimum Gasteiger partial charge on any atom is -0.493 e. The summed E-state index contributed by atoms with van der Waals surface area (Å²) >= 11 is 7.44. The lowest BCUT2D eigenvalue weighted by atomic mass is 10.2. The monoisotopic (exact) mass is 374 g/mol. The van der Waals surface area contributed by atoms with Gasteiger partial charge in [-0.25, -0.2) is 4.98 Å². The average Bonchev–Trinajstić information content (AvgIpc) is 3.13. The normalized spacial score (nSPS) is 10.4. The van der Waals surface area contributed by atoms with Crippen molar-refractivity contribution in [1.82, 2.24) is 4.98 Å². The fraction of sp³-hybridized carbons (Fsp3) is 0.111. The predicted molar refractivity (Wildman–Crippen MR) is 100 cm³/mol. The van der Waals surface area contributed by atoms with Gasteiger partial charge >= 0.3 is 0 Å². The number of benzene rings is 2. The summed E-state index contributed by atoms with van der Waals surface area (Å²) in [5.74, 6) is 0.938. The molecule has 3 aromatic rings. The number of thiazole rings is 1. The standard InChI is InChI=1S/C18H15ClN2O3S/c1-23-15-8-7-11(9-16(15)24-2)18-21-14(10-25-18)17(22)20-13-6-4-3-5-12(13)19/h3-10H,1-2H3,(H,20,22). The third-order valence-corrected chi connectivity index (χ3v) is 4.71. The fourth-order valence-corrected chi connectivity index (χ4v) is 3.21. The Hall–Kier alpha value is -2.57. The summed E-state index contributed by atoms with van der Waals surface area (Å²) in [5, 5.41) is 5.66. The van der Waals surface area contributed by atoms with Gasteiger partial charge in [-0.1, -0.05) is 23.7 Å². The molecule has 0 unspecified atom stereocenters. The number of amides is 1. The molecule has 1 N–H and O–H groups in total. The number of anilines is 1. The summed E-state index contributed by atoms with van der Waals surface area (Å²) in [5.41, 5.74) is 1.73. The van der Waals surface area contributed by atoms with E-state index < -0.39 is 0 Å². The van der Waals surface area contributed by atoms with Crippen LogP contribution in [0, 0.1) is 0 Å². The molecule has 1 aromatic heterocycles. The summed E-state index contributed by atoms with van der Waals surface area (Å²) in [7, 11) is 3.16. The van der Waals surface area contributed by atoms with Crippen LogP contribution in [0.25, 0.3) is 10.6 Å². The SMILES string of the molecule is COc1ccc(-c2nc(C(=O)Nc3ccccc3Cl)cs2)cc1OC. The summed E-state index contributed by atoms with van der Waals surface area (Å²) in [6.45, 7) is 0. The van der Waals surface area contributed by atoms with Gasteiger partial charge in [-0.05, 0) is 30.3 Å². The number of halogens is 1. The molecular weight excluding hydrogens is 360 g/mol. The smallest absolute Gasteiger partial charge is 0.275 e. The highest BCUT2D eigenvalue weighted by atomic mass is 35.5. The number of rotatable bonds is 5. The van der Waals surface area contributed by atoms with Gasteiger partial charge in [0, 0.05) is 10.9 Å². The van der Waals surface area contributed by atoms with Gasteiger partial charge in [0.15, 0.2) is 11.5 Å². The van der Waals surface area contributed by atoms with Gasteiger partial charge in [0.1, 0.15) is 10.7 Å². The Morgan fingerprint density at radius 1 is 1.12 bits per heavy atom. The van der Waals surface area contributed by atoms with Crippen LogP contribution in [0.5, 0.6) is 11.5 Å². The van der Waals surface area contributed by atoms with Crippen molar-refractivity contribution in [2.45, 2.75) is 0 Å². The van der Waals surface area contributed by atoms with Crippen LogP contribution < -0.4 is 14.8 Å². The van der Waals surface area contributed by atoms with Crippen molar-refractivity contribution < 1.29 is 14.3 Å². The van der Waals surface area contributed by atoms with Crippen LogP contribution in [0.2, 0.25) is 5.02 Å². The Bertz CT molecular complexity index is 911. The van der Waals surface area contributed by atoms with Crippen LogP contribution in [-0.4, -0.2) is 25.1 Å². The third-order valence-electron chi connectivity index (χ3n) is 3.49. The molecule has 25 heavy (non-hydrogen) atoms. The van der Waals surface area contributed by atoms with E-state index in [1.807, 2.05) is 12.1 Å². The highest BCUT2D eigenvalue weighted by molar-refractivity contribution is 7.13. The number of nitrogens with one attached hydrogen (secondary N) is 1. The predicted octanol–water partition coefficient (Wildman–Crippen LogP) is 4.73. The van der Waals surface area contributed by atoms with Crippen LogP contribution in [0.1, 0.15) is 10.5 Å². The van der Waals surface area contributed by atoms with E-state index in [2.05, 4.69) is 10.3 Å². The first kappa shape index (κ1) is 17.3. The van der Waals surface area contributed by atoms with Crippen molar-refractivity contribution in [1.29, 1.82) is 0 Å². The lowest BCUT2D eigenvalue weighted by molar-refractivity contribution is 0.102. The van der Waals surface area contributed by atoms with Crippen LogP contribution in [0.3, 0.4) is 0 Å². The van der Waals surface area contributed by atoms with Crippen molar-refractivity contribution in [3.8, 4) is 22.1 Å². The number of hydrogen-bond acceptors (Lipinski definition) is 5. The number of carbonyl (C=O) groups is 1. The van der Waals surface area contributed by atoms with Gasteiger partial charge in [-0.3, -0.25) is 4.79 Å². The zero-order chi connectivity index (χ0) is 17.8. The van der Waals surface area contributed by atoms with E-state index in [-0.39, 0.29) is 5.91 Å². The molecule has 0 fully saturated rings. The van der Waals surface area contributed by atoms with Crippen molar-refractivity contribution in [3.63, 3.8) is 0 Å². The molecule has 0 aliphatic carbocycles. The molecule has 0 spiro atoms. The minimum absolute atomic E-state index is 0.309. The maximum absolute atomic E-state index is 12.4. The lowest BCUT2D eigenvalue weighted by Crippen LogP contribution is -2.12. The van der Waals surface area contributed by atoms with Crippen molar-refractivity contribution in [2.24, 2.45) is 0 Å². The Labute approximate surface area is 154 Å². The highest BCUT2D eigenvalue weighted by Gasteiger charge is 2.14. The second-order valence-corrected chi connectivity index (χ2v) is 6.31. The second-order valence-electron chi connectivity index (χ2n) is 5.04. The van der Waals surface area contributed by atoms with E-state index in [0.29, 0.717) is 32.9 Å². The second kappa shape index (κ2) is 7.55. The maximum Gasteiger partial charge on any atom is 0.275 e. The highest BCUT2D eigenvalue weighted by Crippen LogP contribution is 2.33. The number of para-hydroxylation sites is 1. The maximum atomic E-state index is 12.4. The molecule has 3 rings (SSSR count). The molecule has 1 heterocycles. The van der Waals surface area contributed by atoms with Crippen molar-refractivity contribution in [2.75, 3.05) is 19.5 Å². The first-order chi connectivity index (χ1) is 12.1. The molecule has 0 aliphatic rings. The molecule has 7 heteroatoms. The van der Waals surface area contributed by atoms with Crippen LogP contribution in [0.15, 0.2) is 47.8 Å². The van der Waals surface area contributed by atoms with Gasteiger partial charge in [-0.15, -0.1) is 11.3 Å². The minimum atomic E-state index is -0.309. The van der Waals surface area contributed by atoms with E-state index in [0.717, 1.165) is 5.56 Å². The zero-order valence-electron chi connectivity index (χ0n) is 13.6. The van der Waals surface area contributed by atoms with Gasteiger partial charge in [0.2, 0.25) is 0 Å². The summed E-state index contributed by atoms with van der Waals surface area (Å²) in [6.07, 6.45) is 0. The van der Waals surface area contributed by atoms with Gasteiger partial charge in [-0.2, -0.15) is 0 Å². The number of nitrogens with zero attached hydrogens (tertiary/aromatic N) is 1. The topological polar surface area (TPSA) is 60.5 Å². The van der Waals surface area contributed by atoms with E-state index >= 15 is 0 Å². The third kappa shape index (κ3) is 3.75. The molecule has 0 saturated carbocycles. The molecule has 1 amide bonds. The molecule has 0 atom stereocenters. The molecule has 0 aliphatic heterocycles. The molecular formula is C18H15ClN2O3S. The summed E-state index contributed by atoms with van der Waals surface area (Å²) < 4.78 is 10.5. The largest absolute Gasteiger partial charge is 0.493 e. The first-order valence-electron chi connectivity index (χ1n) is 7.36. The number of hydrogen-bond donors (Lipinski definition) is 1. The molecule has 0 saturated heterocycles. The number of aromatic nitrogens is 1.